The quantitative estimate of drug-likeness (QED) is 0.890. The van der Waals surface area contributed by atoms with Crippen LogP contribution in [0.25, 0.3) is 11.1 Å². The maximum absolute atomic E-state index is 12.3. The second-order valence-corrected chi connectivity index (χ2v) is 6.22. The maximum Gasteiger partial charge on any atom is 0.321 e. The Kier molecular flexibility index (Phi) is 4.63. The first-order chi connectivity index (χ1) is 11.1. The summed E-state index contributed by atoms with van der Waals surface area (Å²) in [5.41, 5.74) is 10.3. The van der Waals surface area contributed by atoms with Crippen molar-refractivity contribution in [1.82, 2.24) is 4.90 Å². The van der Waals surface area contributed by atoms with Crippen molar-refractivity contribution >= 4 is 11.7 Å². The SMILES string of the molecule is Cc1ccc(-c2ccc(NC(=O)N3CCC[C@H](N)C3)cc2)cc1. The third-order valence-electron chi connectivity index (χ3n) is 4.27. The van der Waals surface area contributed by atoms with E-state index in [1.807, 2.05) is 24.3 Å². The lowest BCUT2D eigenvalue weighted by atomic mass is 10.0. The van der Waals surface area contributed by atoms with Crippen LogP contribution in [0.3, 0.4) is 0 Å². The molecule has 3 rings (SSSR count). The van der Waals surface area contributed by atoms with Crippen molar-refractivity contribution < 1.29 is 4.79 Å². The van der Waals surface area contributed by atoms with Crippen LogP contribution in [0.1, 0.15) is 18.4 Å². The molecule has 2 amide bonds. The predicted molar refractivity (Wildman–Crippen MR) is 94.4 cm³/mol. The molecular formula is C19H23N3O. The molecule has 4 nitrogen and oxygen atoms in total. The van der Waals surface area contributed by atoms with Crippen LogP contribution in [-0.2, 0) is 0 Å². The highest BCUT2D eigenvalue weighted by Crippen LogP contribution is 2.22. The van der Waals surface area contributed by atoms with Gasteiger partial charge >= 0.3 is 6.03 Å². The third-order valence-corrected chi connectivity index (χ3v) is 4.27. The molecule has 0 unspecified atom stereocenters. The molecule has 0 bridgehead atoms. The number of nitrogens with one attached hydrogen (secondary N) is 1. The van der Waals surface area contributed by atoms with E-state index in [0.29, 0.717) is 6.54 Å². The Morgan fingerprint density at radius 2 is 1.70 bits per heavy atom. The predicted octanol–water partition coefficient (Wildman–Crippen LogP) is 3.62. The number of piperidine rings is 1. The molecule has 2 aromatic carbocycles. The fourth-order valence-electron chi connectivity index (χ4n) is 2.89. The number of anilines is 1. The van der Waals surface area contributed by atoms with Gasteiger partial charge in [-0.05, 0) is 43.0 Å². The average Bonchev–Trinajstić information content (AvgIpc) is 2.56. The van der Waals surface area contributed by atoms with E-state index >= 15 is 0 Å². The number of rotatable bonds is 2. The lowest BCUT2D eigenvalue weighted by Crippen LogP contribution is -2.47. The van der Waals surface area contributed by atoms with Gasteiger partial charge in [0.2, 0.25) is 0 Å². The summed E-state index contributed by atoms with van der Waals surface area (Å²) in [4.78, 5) is 14.1. The highest BCUT2D eigenvalue weighted by molar-refractivity contribution is 5.89. The van der Waals surface area contributed by atoms with Gasteiger partial charge in [-0.25, -0.2) is 4.79 Å². The minimum absolute atomic E-state index is 0.0664. The molecule has 3 N–H and O–H groups in total. The highest BCUT2D eigenvalue weighted by atomic mass is 16.2. The fraction of sp³-hybridized carbons (Fsp3) is 0.316. The van der Waals surface area contributed by atoms with Crippen molar-refractivity contribution in [3.05, 3.63) is 54.1 Å². The van der Waals surface area contributed by atoms with E-state index in [2.05, 4.69) is 36.5 Å². The molecule has 120 valence electrons. The van der Waals surface area contributed by atoms with Crippen LogP contribution in [-0.4, -0.2) is 30.1 Å². The van der Waals surface area contributed by atoms with Gasteiger partial charge in [0.15, 0.2) is 0 Å². The molecule has 1 aliphatic rings. The van der Waals surface area contributed by atoms with Gasteiger partial charge in [-0.1, -0.05) is 42.0 Å². The van der Waals surface area contributed by atoms with E-state index in [9.17, 15) is 4.79 Å². The zero-order valence-electron chi connectivity index (χ0n) is 13.5. The number of hydrogen-bond acceptors (Lipinski definition) is 2. The van der Waals surface area contributed by atoms with E-state index in [4.69, 9.17) is 5.73 Å². The Morgan fingerprint density at radius 1 is 1.09 bits per heavy atom. The molecule has 1 atom stereocenters. The molecule has 0 aliphatic carbocycles. The molecule has 0 radical (unpaired) electrons. The van der Waals surface area contributed by atoms with E-state index in [1.165, 1.54) is 11.1 Å². The summed E-state index contributed by atoms with van der Waals surface area (Å²) < 4.78 is 0. The summed E-state index contributed by atoms with van der Waals surface area (Å²) >= 11 is 0. The molecule has 1 aliphatic heterocycles. The van der Waals surface area contributed by atoms with Crippen LogP contribution < -0.4 is 11.1 Å². The fourth-order valence-corrected chi connectivity index (χ4v) is 2.89. The van der Waals surface area contributed by atoms with Gasteiger partial charge in [0, 0.05) is 24.8 Å². The van der Waals surface area contributed by atoms with Gasteiger partial charge in [0.25, 0.3) is 0 Å². The molecule has 0 aromatic heterocycles. The van der Waals surface area contributed by atoms with Crippen LogP contribution in [0, 0.1) is 6.92 Å². The smallest absolute Gasteiger partial charge is 0.321 e. The molecule has 0 saturated carbocycles. The van der Waals surface area contributed by atoms with Crippen molar-refractivity contribution in [3.63, 3.8) is 0 Å². The van der Waals surface area contributed by atoms with E-state index in [-0.39, 0.29) is 12.1 Å². The number of nitrogens with zero attached hydrogens (tertiary/aromatic N) is 1. The minimum Gasteiger partial charge on any atom is -0.326 e. The summed E-state index contributed by atoms with van der Waals surface area (Å²) in [6.07, 6.45) is 1.97. The minimum atomic E-state index is -0.0664. The van der Waals surface area contributed by atoms with Gasteiger partial charge in [-0.3, -0.25) is 0 Å². The van der Waals surface area contributed by atoms with Gasteiger partial charge in [-0.15, -0.1) is 0 Å². The summed E-state index contributed by atoms with van der Waals surface area (Å²) in [5.74, 6) is 0. The van der Waals surface area contributed by atoms with Crippen LogP contribution in [0.4, 0.5) is 10.5 Å². The summed E-state index contributed by atoms with van der Waals surface area (Å²) in [5, 5.41) is 2.95. The van der Waals surface area contributed by atoms with Gasteiger partial charge in [0.05, 0.1) is 0 Å². The van der Waals surface area contributed by atoms with Crippen LogP contribution in [0.2, 0.25) is 0 Å². The summed E-state index contributed by atoms with van der Waals surface area (Å²) in [6, 6.07) is 16.4. The monoisotopic (exact) mass is 309 g/mol. The number of hydrogen-bond donors (Lipinski definition) is 2. The topological polar surface area (TPSA) is 58.4 Å². The molecule has 1 heterocycles. The normalized spacial score (nSPS) is 17.8. The molecular weight excluding hydrogens is 286 g/mol. The van der Waals surface area contributed by atoms with Gasteiger partial charge in [-0.2, -0.15) is 0 Å². The number of aryl methyl sites for hydroxylation is 1. The lowest BCUT2D eigenvalue weighted by Gasteiger charge is -2.30. The first-order valence-corrected chi connectivity index (χ1v) is 8.10. The van der Waals surface area contributed by atoms with E-state index < -0.39 is 0 Å². The number of carbonyl (C=O) groups excluding carboxylic acids is 1. The highest BCUT2D eigenvalue weighted by Gasteiger charge is 2.21. The zero-order valence-corrected chi connectivity index (χ0v) is 13.5. The zero-order chi connectivity index (χ0) is 16.2. The Balaban J connectivity index is 1.65. The largest absolute Gasteiger partial charge is 0.326 e. The third kappa shape index (κ3) is 3.90. The number of likely N-dealkylation sites (tertiary alicyclic amines) is 1. The van der Waals surface area contributed by atoms with Crippen molar-refractivity contribution in [3.8, 4) is 11.1 Å². The molecule has 23 heavy (non-hydrogen) atoms. The summed E-state index contributed by atoms with van der Waals surface area (Å²) in [6.45, 7) is 3.49. The van der Waals surface area contributed by atoms with Gasteiger partial charge in [0.1, 0.15) is 0 Å². The Hall–Kier alpha value is -2.33. The number of benzene rings is 2. The molecule has 0 spiro atoms. The second kappa shape index (κ2) is 6.84. The first kappa shape index (κ1) is 15.6. The Labute approximate surface area is 137 Å². The summed E-state index contributed by atoms with van der Waals surface area (Å²) in [7, 11) is 0. The van der Waals surface area contributed by atoms with Crippen molar-refractivity contribution in [2.75, 3.05) is 18.4 Å². The van der Waals surface area contributed by atoms with Gasteiger partial charge < -0.3 is 16.0 Å². The van der Waals surface area contributed by atoms with E-state index in [0.717, 1.165) is 30.6 Å². The van der Waals surface area contributed by atoms with Crippen molar-refractivity contribution in [1.29, 1.82) is 0 Å². The Bertz CT molecular complexity index is 664. The van der Waals surface area contributed by atoms with Crippen molar-refractivity contribution in [2.45, 2.75) is 25.8 Å². The van der Waals surface area contributed by atoms with Crippen LogP contribution in [0.5, 0.6) is 0 Å². The maximum atomic E-state index is 12.3. The first-order valence-electron chi connectivity index (χ1n) is 8.10. The second-order valence-electron chi connectivity index (χ2n) is 6.22. The molecule has 4 heteroatoms. The molecule has 2 aromatic rings. The average molecular weight is 309 g/mol. The van der Waals surface area contributed by atoms with Crippen molar-refractivity contribution in [2.24, 2.45) is 5.73 Å². The van der Waals surface area contributed by atoms with Crippen LogP contribution >= 0.6 is 0 Å². The molecule has 1 fully saturated rings. The molecule has 1 saturated heterocycles. The number of amides is 2. The Morgan fingerprint density at radius 3 is 2.30 bits per heavy atom. The standard InChI is InChI=1S/C19H23N3O/c1-14-4-6-15(7-5-14)16-8-10-18(11-9-16)21-19(23)22-12-2-3-17(20)13-22/h4-11,17H,2-3,12-13,20H2,1H3,(H,21,23)/t17-/m0/s1. The van der Waals surface area contributed by atoms with E-state index in [1.54, 1.807) is 4.90 Å². The number of urea groups is 1. The lowest BCUT2D eigenvalue weighted by molar-refractivity contribution is 0.193. The van der Waals surface area contributed by atoms with Crippen LogP contribution in [0.15, 0.2) is 48.5 Å². The number of nitrogens with two attached hydrogens (primary N) is 1. The number of carbonyl (C=O) groups is 1.